The first-order chi connectivity index (χ1) is 18.2. The van der Waals surface area contributed by atoms with Crippen molar-refractivity contribution in [3.8, 4) is 11.3 Å². The van der Waals surface area contributed by atoms with Gasteiger partial charge in [-0.2, -0.15) is 9.61 Å². The summed E-state index contributed by atoms with van der Waals surface area (Å²) in [5, 5.41) is 12.6. The lowest BCUT2D eigenvalue weighted by atomic mass is 9.97. The smallest absolute Gasteiger partial charge is 0.172 e. The third kappa shape index (κ3) is 5.70. The summed E-state index contributed by atoms with van der Waals surface area (Å²) in [6, 6.07) is 18.6. The van der Waals surface area contributed by atoms with Crippen molar-refractivity contribution < 1.29 is 0 Å². The summed E-state index contributed by atoms with van der Waals surface area (Å²) >= 11 is 11.9. The first kappa shape index (κ1) is 26.2. The molecule has 0 radical (unpaired) electrons. The number of fused-ring (bicyclic) bond motifs is 2. The van der Waals surface area contributed by atoms with Crippen molar-refractivity contribution in [2.45, 2.75) is 33.2 Å². The number of benzene rings is 2. The van der Waals surface area contributed by atoms with E-state index in [2.05, 4.69) is 60.9 Å². The second-order valence-electron chi connectivity index (χ2n) is 9.12. The maximum absolute atomic E-state index is 6.49. The van der Waals surface area contributed by atoms with Crippen LogP contribution in [0.25, 0.3) is 27.0 Å². The van der Waals surface area contributed by atoms with Gasteiger partial charge in [-0.15, -0.1) is 11.3 Å². The fourth-order valence-corrected chi connectivity index (χ4v) is 6.51. The van der Waals surface area contributed by atoms with E-state index >= 15 is 0 Å². The van der Waals surface area contributed by atoms with Crippen LogP contribution in [0, 0.1) is 5.92 Å². The van der Waals surface area contributed by atoms with Crippen LogP contribution in [0.15, 0.2) is 70.6 Å². The van der Waals surface area contributed by atoms with Crippen molar-refractivity contribution in [3.05, 3.63) is 81.2 Å². The number of nitrogens with one attached hydrogen (secondary N) is 1. The third-order valence-electron chi connectivity index (χ3n) is 6.71. The molecule has 192 valence electrons. The highest BCUT2D eigenvalue weighted by Gasteiger charge is 2.22. The van der Waals surface area contributed by atoms with Crippen molar-refractivity contribution in [1.82, 2.24) is 19.5 Å². The largest absolute Gasteiger partial charge is 0.370 e. The number of likely N-dealkylation sites (tertiary alicyclic amines) is 1. The molecule has 6 rings (SSSR count). The van der Waals surface area contributed by atoms with Gasteiger partial charge in [0.2, 0.25) is 0 Å². The molecule has 2 aromatic carbocycles. The summed E-state index contributed by atoms with van der Waals surface area (Å²) < 4.78 is 4.10. The predicted molar refractivity (Wildman–Crippen MR) is 161 cm³/mol. The van der Waals surface area contributed by atoms with Gasteiger partial charge in [-0.05, 0) is 69.7 Å². The molecule has 0 amide bonds. The van der Waals surface area contributed by atoms with Crippen molar-refractivity contribution in [3.63, 3.8) is 0 Å². The Kier molecular flexibility index (Phi) is 8.45. The summed E-state index contributed by atoms with van der Waals surface area (Å²) in [6.07, 6.45) is 4.23. The summed E-state index contributed by atoms with van der Waals surface area (Å²) in [6.45, 7) is 8.15. The van der Waals surface area contributed by atoms with E-state index in [0.717, 1.165) is 53.4 Å². The van der Waals surface area contributed by atoms with Crippen LogP contribution in [0.4, 0.5) is 5.82 Å². The number of halogens is 2. The molecule has 1 aliphatic rings. The third-order valence-corrected chi connectivity index (χ3v) is 8.61. The van der Waals surface area contributed by atoms with Gasteiger partial charge in [0.25, 0.3) is 0 Å². The second kappa shape index (κ2) is 11.9. The number of anilines is 1. The van der Waals surface area contributed by atoms with Gasteiger partial charge < -0.3 is 5.32 Å². The van der Waals surface area contributed by atoms with E-state index in [9.17, 15) is 0 Å². The normalized spacial score (nSPS) is 16.1. The average Bonchev–Trinajstić information content (AvgIpc) is 3.52. The van der Waals surface area contributed by atoms with Gasteiger partial charge in [0.15, 0.2) is 5.65 Å². The Bertz CT molecular complexity index is 1500. The van der Waals surface area contributed by atoms with E-state index in [4.69, 9.17) is 16.6 Å². The van der Waals surface area contributed by atoms with E-state index in [1.54, 1.807) is 6.20 Å². The topological polar surface area (TPSA) is 45.5 Å². The van der Waals surface area contributed by atoms with Crippen molar-refractivity contribution in [1.29, 1.82) is 0 Å². The Morgan fingerprint density at radius 1 is 1.14 bits per heavy atom. The number of hydrogen-bond donors (Lipinski definition) is 1. The lowest BCUT2D eigenvalue weighted by Gasteiger charge is -2.33. The van der Waals surface area contributed by atoms with E-state index in [1.165, 1.54) is 28.5 Å². The zero-order chi connectivity index (χ0) is 25.8. The maximum Gasteiger partial charge on any atom is 0.172 e. The van der Waals surface area contributed by atoms with Crippen molar-refractivity contribution >= 4 is 60.4 Å². The van der Waals surface area contributed by atoms with Crippen LogP contribution in [0.5, 0.6) is 0 Å². The number of hydrogen-bond acceptors (Lipinski definition) is 5. The van der Waals surface area contributed by atoms with Crippen LogP contribution in [-0.2, 0) is 6.54 Å². The van der Waals surface area contributed by atoms with E-state index in [1.807, 2.05) is 60.0 Å². The van der Waals surface area contributed by atoms with Gasteiger partial charge in [-0.3, -0.25) is 4.90 Å². The quantitative estimate of drug-likeness (QED) is 0.214. The first-order valence-corrected chi connectivity index (χ1v) is 14.9. The van der Waals surface area contributed by atoms with Crippen LogP contribution in [0.3, 0.4) is 0 Å². The van der Waals surface area contributed by atoms with Crippen LogP contribution in [0.2, 0.25) is 5.02 Å². The van der Waals surface area contributed by atoms with Gasteiger partial charge in [0.1, 0.15) is 5.82 Å². The highest BCUT2D eigenvalue weighted by atomic mass is 79.9. The molecule has 0 spiro atoms. The maximum atomic E-state index is 6.49. The Hall–Kier alpha value is -2.45. The molecular weight excluding hydrogens is 566 g/mol. The number of thiophene rings is 1. The molecule has 1 unspecified atom stereocenters. The lowest BCUT2D eigenvalue weighted by molar-refractivity contribution is 0.174. The van der Waals surface area contributed by atoms with Crippen LogP contribution < -0.4 is 5.32 Å². The second-order valence-corrected chi connectivity index (χ2v) is 11.3. The average molecular weight is 597 g/mol. The first-order valence-electron chi connectivity index (χ1n) is 12.9. The minimum atomic E-state index is 0.569. The molecule has 0 bridgehead atoms. The Labute approximate surface area is 235 Å². The molecular formula is C29H31BrClN5S. The zero-order valence-corrected chi connectivity index (χ0v) is 24.3. The van der Waals surface area contributed by atoms with Gasteiger partial charge in [0, 0.05) is 41.0 Å². The highest BCUT2D eigenvalue weighted by Crippen LogP contribution is 2.31. The highest BCUT2D eigenvalue weighted by molar-refractivity contribution is 9.10. The number of aromatic nitrogens is 3. The molecule has 0 aliphatic carbocycles. The number of nitrogens with zero attached hydrogens (tertiary/aromatic N) is 4. The van der Waals surface area contributed by atoms with Gasteiger partial charge >= 0.3 is 0 Å². The lowest BCUT2D eigenvalue weighted by Crippen LogP contribution is -2.37. The molecule has 1 N–H and O–H groups in total. The fourth-order valence-electron chi connectivity index (χ4n) is 4.98. The van der Waals surface area contributed by atoms with Crippen LogP contribution in [0.1, 0.15) is 32.3 Å². The monoisotopic (exact) mass is 595 g/mol. The molecule has 37 heavy (non-hydrogen) atoms. The van der Waals surface area contributed by atoms with Crippen LogP contribution >= 0.6 is 38.9 Å². The number of piperidine rings is 1. The molecule has 1 saturated heterocycles. The molecule has 1 fully saturated rings. The Morgan fingerprint density at radius 2 is 1.95 bits per heavy atom. The summed E-state index contributed by atoms with van der Waals surface area (Å²) in [5.74, 6) is 1.50. The van der Waals surface area contributed by atoms with Crippen molar-refractivity contribution in [2.24, 2.45) is 5.92 Å². The van der Waals surface area contributed by atoms with Gasteiger partial charge in [0.05, 0.1) is 16.4 Å². The molecule has 5 aromatic rings. The Balaban J connectivity index is 0.00000137. The summed E-state index contributed by atoms with van der Waals surface area (Å²) in [4.78, 5) is 7.43. The van der Waals surface area contributed by atoms with E-state index < -0.39 is 0 Å². The standard InChI is InChI=1S/C27H25BrClN5S.C2H6/c28-22-14-31-34-26(12-24(32-27(22)34)21-8-1-3-9-23(21)29)30-13-18-6-5-11-33(15-18)16-19-17-35-25-10-4-2-7-20(19)25;1-2/h1-4,7-10,12,14,17-18,30H,5-6,11,13,15-16H2;1-2H3. The summed E-state index contributed by atoms with van der Waals surface area (Å²) in [7, 11) is 0. The molecule has 3 aromatic heterocycles. The van der Waals surface area contributed by atoms with Gasteiger partial charge in [-0.1, -0.05) is 61.8 Å². The van der Waals surface area contributed by atoms with E-state index in [-0.39, 0.29) is 0 Å². The molecule has 1 atom stereocenters. The van der Waals surface area contributed by atoms with Crippen LogP contribution in [-0.4, -0.2) is 39.1 Å². The molecule has 0 saturated carbocycles. The van der Waals surface area contributed by atoms with Crippen molar-refractivity contribution in [2.75, 3.05) is 25.0 Å². The zero-order valence-electron chi connectivity index (χ0n) is 21.1. The van der Waals surface area contributed by atoms with E-state index in [0.29, 0.717) is 10.9 Å². The SMILES string of the molecule is CC.Clc1ccccc1-c1cc(NCC2CCCN(Cc3csc4ccccc34)C2)n2ncc(Br)c2n1. The molecule has 1 aliphatic heterocycles. The summed E-state index contributed by atoms with van der Waals surface area (Å²) in [5.41, 5.74) is 3.97. The number of rotatable bonds is 6. The molecule has 8 heteroatoms. The minimum absolute atomic E-state index is 0.569. The van der Waals surface area contributed by atoms with Gasteiger partial charge in [-0.25, -0.2) is 4.98 Å². The Morgan fingerprint density at radius 3 is 2.81 bits per heavy atom. The molecule has 5 nitrogen and oxygen atoms in total. The predicted octanol–water partition coefficient (Wildman–Crippen LogP) is 8.38. The fraction of sp³-hybridized carbons (Fsp3) is 0.310. The minimum Gasteiger partial charge on any atom is -0.370 e. The molecule has 4 heterocycles.